The van der Waals surface area contributed by atoms with E-state index < -0.39 is 20.8 Å². The Morgan fingerprint density at radius 3 is 2.24 bits per heavy atom. The second-order valence-electron chi connectivity index (χ2n) is 7.48. The third-order valence-electron chi connectivity index (χ3n) is 5.34. The number of hydrogen-bond donors (Lipinski definition) is 0. The van der Waals surface area contributed by atoms with Gasteiger partial charge in [0.15, 0.2) is 0 Å². The van der Waals surface area contributed by atoms with Gasteiger partial charge in [0.05, 0.1) is 5.52 Å². The van der Waals surface area contributed by atoms with E-state index in [1.807, 2.05) is 18.3 Å². The van der Waals surface area contributed by atoms with E-state index in [0.717, 1.165) is 5.52 Å². The number of nitrogens with zero attached hydrogens (tertiary/aromatic N) is 1. The Balaban J connectivity index is 0.000000192. The van der Waals surface area contributed by atoms with Crippen molar-refractivity contribution in [2.75, 3.05) is 0 Å². The molecule has 1 aromatic heterocycles. The van der Waals surface area contributed by atoms with E-state index in [9.17, 15) is 0 Å². The first-order chi connectivity index (χ1) is 16.7. The molecule has 0 radical (unpaired) electrons. The van der Waals surface area contributed by atoms with Gasteiger partial charge in [-0.15, -0.1) is 64.2 Å². The summed E-state index contributed by atoms with van der Waals surface area (Å²) in [5, 5.41) is 6.45. The molecule has 34 heavy (non-hydrogen) atoms. The van der Waals surface area contributed by atoms with Crippen LogP contribution in [0.1, 0.15) is 12.5 Å². The molecule has 5 aromatic carbocycles. The summed E-state index contributed by atoms with van der Waals surface area (Å²) in [6.07, 6.45) is 1.97. The van der Waals surface area contributed by atoms with E-state index in [1.54, 1.807) is 6.92 Å². The molecule has 6 rings (SSSR count). The average Bonchev–Trinajstić information content (AvgIpc) is 3.51. The zero-order valence-electron chi connectivity index (χ0n) is 19.3. The van der Waals surface area contributed by atoms with Crippen molar-refractivity contribution < 1.29 is 20.8 Å². The number of benzene rings is 3. The molecule has 0 aliphatic heterocycles. The van der Waals surface area contributed by atoms with Crippen LogP contribution in [0.4, 0.5) is 0 Å². The first-order valence-corrected chi connectivity index (χ1v) is 17.3. The van der Waals surface area contributed by atoms with Crippen molar-refractivity contribution in [1.29, 1.82) is 0 Å². The van der Waals surface area contributed by atoms with Crippen LogP contribution in [-0.2, 0) is 20.8 Å². The molecule has 0 amide bonds. The van der Waals surface area contributed by atoms with Gasteiger partial charge < -0.3 is 6.92 Å². The second-order valence-corrected chi connectivity index (χ2v) is 11.2. The Kier molecular flexibility index (Phi) is 10.5. The Hall–Kier alpha value is -2.25. The van der Waals surface area contributed by atoms with Crippen LogP contribution in [0.3, 0.4) is 0 Å². The van der Waals surface area contributed by atoms with Gasteiger partial charge in [-0.05, 0) is 17.7 Å². The number of aromatic nitrogens is 1. The molecule has 1 nitrogen and oxygen atoms in total. The molecule has 0 aliphatic carbocycles. The minimum absolute atomic E-state index is 0.826. The third kappa shape index (κ3) is 6.66. The minimum atomic E-state index is -0.826. The smallest absolute Gasteiger partial charge is 0.0809 e. The summed E-state index contributed by atoms with van der Waals surface area (Å²) in [7, 11) is 9.87. The van der Waals surface area contributed by atoms with E-state index >= 15 is 0 Å². The molecule has 0 fully saturated rings. The summed E-state index contributed by atoms with van der Waals surface area (Å²) < 4.78 is 0. The van der Waals surface area contributed by atoms with Crippen molar-refractivity contribution in [2.45, 2.75) is 13.8 Å². The van der Waals surface area contributed by atoms with Crippen molar-refractivity contribution in [2.24, 2.45) is 0 Å². The molecule has 0 unspecified atom stereocenters. The van der Waals surface area contributed by atoms with Crippen LogP contribution < -0.4 is 0 Å². The Morgan fingerprint density at radius 1 is 0.794 bits per heavy atom. The van der Waals surface area contributed by atoms with E-state index in [1.165, 1.54) is 43.6 Å². The number of pyridine rings is 1. The van der Waals surface area contributed by atoms with Gasteiger partial charge in [0.2, 0.25) is 0 Å². The maximum absolute atomic E-state index is 4.93. The average molecular weight is 563 g/mol. The number of hydrogen-bond acceptors (Lipinski definition) is 1. The van der Waals surface area contributed by atoms with E-state index in [-0.39, 0.29) is 0 Å². The van der Waals surface area contributed by atoms with Crippen LogP contribution in [-0.4, -0.2) is 4.98 Å². The second kappa shape index (κ2) is 13.6. The Morgan fingerprint density at radius 2 is 1.47 bits per heavy atom. The van der Waals surface area contributed by atoms with Crippen LogP contribution >= 0.6 is 17.0 Å². The summed E-state index contributed by atoms with van der Waals surface area (Å²) >= 11 is -0.826. The normalized spacial score (nSPS) is 9.91. The van der Waals surface area contributed by atoms with E-state index in [0.29, 0.717) is 0 Å². The molecule has 6 aromatic rings. The first kappa shape index (κ1) is 26.4. The summed E-state index contributed by atoms with van der Waals surface area (Å²) in [5.41, 5.74) is 4.79. The van der Waals surface area contributed by atoms with Crippen molar-refractivity contribution in [3.8, 4) is 11.1 Å². The third-order valence-corrected chi connectivity index (χ3v) is 5.34. The number of para-hydroxylation sites is 1. The zero-order chi connectivity index (χ0) is 24.3. The van der Waals surface area contributed by atoms with Gasteiger partial charge in [0.25, 0.3) is 0 Å². The van der Waals surface area contributed by atoms with Gasteiger partial charge in [-0.1, -0.05) is 42.8 Å². The summed E-state index contributed by atoms with van der Waals surface area (Å²) in [5.74, 6) is 0. The van der Waals surface area contributed by atoms with Crippen molar-refractivity contribution in [3.05, 3.63) is 122 Å². The van der Waals surface area contributed by atoms with E-state index in [2.05, 4.69) is 110 Å². The number of fused-ring (bicyclic) bond motifs is 3. The molecular weight excluding hydrogens is 536 g/mol. The van der Waals surface area contributed by atoms with Gasteiger partial charge in [-0.2, -0.15) is 30.5 Å². The standard InChI is InChI=1S/C19H14N.C9H7.C2H5.2ClH.Zr/c1-13-9-14-6-4-7-17(18(14)10-13)16-11-15-5-2-3-8-19(15)20-12-16;1-2-5-9-7-3-6-8(9)4-1;1-2;;;/h2-12H,1H3;1-7H;1H2,2H3;2*1H;/q3*-1;;;+2/p-2. The zero-order valence-corrected chi connectivity index (χ0v) is 23.3. The largest absolute Gasteiger partial charge is 0.168 e. The summed E-state index contributed by atoms with van der Waals surface area (Å²) in [6.45, 7) is 7.14. The quantitative estimate of drug-likeness (QED) is 0.182. The summed E-state index contributed by atoms with van der Waals surface area (Å²) in [4.78, 5) is 4.57. The molecule has 0 N–H and O–H groups in total. The summed E-state index contributed by atoms with van der Waals surface area (Å²) in [6, 6.07) is 36.1. The Bertz CT molecular complexity index is 1420. The van der Waals surface area contributed by atoms with Gasteiger partial charge in [-0.25, -0.2) is 0 Å². The molecule has 172 valence electrons. The predicted molar refractivity (Wildman–Crippen MR) is 147 cm³/mol. The molecule has 1 heterocycles. The molecule has 0 aliphatic rings. The maximum atomic E-state index is 4.93. The maximum Gasteiger partial charge on any atom is -0.0809 e. The monoisotopic (exact) mass is 560 g/mol. The molecule has 4 heteroatoms. The van der Waals surface area contributed by atoms with Crippen LogP contribution in [0.2, 0.25) is 0 Å². The van der Waals surface area contributed by atoms with Gasteiger partial charge in [0.1, 0.15) is 0 Å². The molecule has 0 saturated heterocycles. The molecular formula is C30H26Cl2NZr-3. The minimum Gasteiger partial charge on any atom is -0.168 e. The van der Waals surface area contributed by atoms with Crippen molar-refractivity contribution in [1.82, 2.24) is 4.98 Å². The molecule has 0 atom stereocenters. The fraction of sp³-hybridized carbons (Fsp3) is 0.0667. The molecule has 0 spiro atoms. The number of aryl methyl sites for hydroxylation is 1. The SMILES string of the molecule is Cc1cc2c(-c3cnc4ccccc4c3)cccc2[cH-]1.[CH2-]C.[Cl][Zr][Cl].c1ccc2[cH-]ccc2c1. The van der Waals surface area contributed by atoms with Crippen LogP contribution in [0.25, 0.3) is 43.6 Å². The fourth-order valence-electron chi connectivity index (χ4n) is 3.92. The van der Waals surface area contributed by atoms with Gasteiger partial charge in [-0.3, -0.25) is 4.98 Å². The predicted octanol–water partition coefficient (Wildman–Crippen LogP) is 9.86. The van der Waals surface area contributed by atoms with Gasteiger partial charge >= 0.3 is 37.9 Å². The number of halogens is 2. The van der Waals surface area contributed by atoms with Crippen LogP contribution in [0.5, 0.6) is 0 Å². The molecule has 0 saturated carbocycles. The molecule has 0 bridgehead atoms. The van der Waals surface area contributed by atoms with Crippen LogP contribution in [0.15, 0.2) is 109 Å². The first-order valence-electron chi connectivity index (χ1n) is 11.0. The van der Waals surface area contributed by atoms with Crippen LogP contribution in [0, 0.1) is 13.8 Å². The fourth-order valence-corrected chi connectivity index (χ4v) is 3.92. The topological polar surface area (TPSA) is 12.9 Å². The van der Waals surface area contributed by atoms with E-state index in [4.69, 9.17) is 17.0 Å². The van der Waals surface area contributed by atoms with Gasteiger partial charge in [0, 0.05) is 11.6 Å². The van der Waals surface area contributed by atoms with Crippen molar-refractivity contribution >= 4 is 49.5 Å². The van der Waals surface area contributed by atoms with Crippen molar-refractivity contribution in [3.63, 3.8) is 0 Å². The Labute approximate surface area is 220 Å². The number of rotatable bonds is 1.